The number of carboxylic acids is 1. The first-order valence-corrected chi connectivity index (χ1v) is 6.75. The highest BCUT2D eigenvalue weighted by Crippen LogP contribution is 2.02. The Morgan fingerprint density at radius 2 is 2.05 bits per heavy atom. The molecule has 0 aliphatic heterocycles. The van der Waals surface area contributed by atoms with Crippen LogP contribution in [-0.2, 0) is 11.3 Å². The van der Waals surface area contributed by atoms with Gasteiger partial charge in [0.05, 0.1) is 5.92 Å². The van der Waals surface area contributed by atoms with Gasteiger partial charge in [0.15, 0.2) is 0 Å². The standard InChI is InChI=1S/C15H24N2O2/c1-13(15(18)19)11-16-9-6-10-17(2)12-14-7-4-3-5-8-14/h3-5,7-8,13,16H,6,9-12H2,1-2H3,(H,18,19). The molecule has 0 aromatic heterocycles. The van der Waals surface area contributed by atoms with Crippen molar-refractivity contribution in [3.05, 3.63) is 35.9 Å². The SMILES string of the molecule is CC(CNCCCN(C)Cc1ccccc1)C(=O)O. The van der Waals surface area contributed by atoms with Crippen molar-refractivity contribution in [3.8, 4) is 0 Å². The molecule has 4 heteroatoms. The fourth-order valence-corrected chi connectivity index (χ4v) is 1.85. The summed E-state index contributed by atoms with van der Waals surface area (Å²) in [7, 11) is 2.10. The molecule has 0 aliphatic carbocycles. The quantitative estimate of drug-likeness (QED) is 0.668. The van der Waals surface area contributed by atoms with Crippen molar-refractivity contribution >= 4 is 5.97 Å². The maximum atomic E-state index is 10.6. The predicted octanol–water partition coefficient (Wildman–Crippen LogP) is 1.82. The molecule has 1 unspecified atom stereocenters. The minimum atomic E-state index is -0.742. The van der Waals surface area contributed by atoms with Gasteiger partial charge in [-0.15, -0.1) is 0 Å². The number of carboxylic acid groups (broad SMARTS) is 1. The van der Waals surface area contributed by atoms with E-state index in [4.69, 9.17) is 5.11 Å². The molecule has 0 bridgehead atoms. The first kappa shape index (κ1) is 15.7. The molecule has 4 nitrogen and oxygen atoms in total. The zero-order chi connectivity index (χ0) is 14.1. The molecule has 0 fully saturated rings. The summed E-state index contributed by atoms with van der Waals surface area (Å²) in [6.45, 7) is 5.07. The van der Waals surface area contributed by atoms with Gasteiger partial charge in [-0.05, 0) is 32.1 Å². The molecule has 0 spiro atoms. The smallest absolute Gasteiger partial charge is 0.307 e. The highest BCUT2D eigenvalue weighted by Gasteiger charge is 2.09. The zero-order valence-electron chi connectivity index (χ0n) is 11.8. The van der Waals surface area contributed by atoms with Crippen LogP contribution in [0.15, 0.2) is 30.3 Å². The second kappa shape index (κ2) is 8.67. The van der Waals surface area contributed by atoms with Crippen molar-refractivity contribution < 1.29 is 9.90 Å². The number of benzene rings is 1. The van der Waals surface area contributed by atoms with E-state index in [1.807, 2.05) is 6.07 Å². The fraction of sp³-hybridized carbons (Fsp3) is 0.533. The molecular weight excluding hydrogens is 240 g/mol. The van der Waals surface area contributed by atoms with Crippen LogP contribution in [0.4, 0.5) is 0 Å². The molecule has 0 radical (unpaired) electrons. The van der Waals surface area contributed by atoms with Crippen LogP contribution in [0.5, 0.6) is 0 Å². The number of carbonyl (C=O) groups is 1. The monoisotopic (exact) mass is 264 g/mol. The van der Waals surface area contributed by atoms with E-state index in [0.717, 1.165) is 26.1 Å². The van der Waals surface area contributed by atoms with Crippen LogP contribution in [0.3, 0.4) is 0 Å². The van der Waals surface area contributed by atoms with Crippen LogP contribution in [-0.4, -0.2) is 42.7 Å². The lowest BCUT2D eigenvalue weighted by Gasteiger charge is -2.17. The molecule has 106 valence electrons. The molecule has 1 atom stereocenters. The Labute approximate surface area is 115 Å². The number of rotatable bonds is 9. The average Bonchev–Trinajstić information content (AvgIpc) is 2.39. The number of hydrogen-bond acceptors (Lipinski definition) is 3. The minimum Gasteiger partial charge on any atom is -0.481 e. The van der Waals surface area contributed by atoms with Crippen LogP contribution in [0.25, 0.3) is 0 Å². The van der Waals surface area contributed by atoms with Crippen molar-refractivity contribution in [2.24, 2.45) is 5.92 Å². The summed E-state index contributed by atoms with van der Waals surface area (Å²) in [6, 6.07) is 10.4. The molecule has 0 saturated heterocycles. The third-order valence-electron chi connectivity index (χ3n) is 3.06. The first-order chi connectivity index (χ1) is 9.09. The van der Waals surface area contributed by atoms with Gasteiger partial charge in [0.2, 0.25) is 0 Å². The molecule has 0 aliphatic rings. The van der Waals surface area contributed by atoms with Crippen molar-refractivity contribution in [1.82, 2.24) is 10.2 Å². The van der Waals surface area contributed by atoms with Gasteiger partial charge in [0.25, 0.3) is 0 Å². The van der Waals surface area contributed by atoms with Gasteiger partial charge < -0.3 is 15.3 Å². The van der Waals surface area contributed by atoms with Gasteiger partial charge in [0.1, 0.15) is 0 Å². The molecule has 0 heterocycles. The molecule has 0 amide bonds. The summed E-state index contributed by atoms with van der Waals surface area (Å²) in [5.41, 5.74) is 1.32. The molecule has 2 N–H and O–H groups in total. The summed E-state index contributed by atoms with van der Waals surface area (Å²) >= 11 is 0. The molecule has 1 aromatic rings. The lowest BCUT2D eigenvalue weighted by molar-refractivity contribution is -0.140. The van der Waals surface area contributed by atoms with E-state index in [1.165, 1.54) is 5.56 Å². The number of nitrogens with zero attached hydrogens (tertiary/aromatic N) is 1. The normalized spacial score (nSPS) is 12.6. The van der Waals surface area contributed by atoms with Gasteiger partial charge in [-0.3, -0.25) is 4.79 Å². The van der Waals surface area contributed by atoms with E-state index in [-0.39, 0.29) is 5.92 Å². The number of nitrogens with one attached hydrogen (secondary N) is 1. The Hall–Kier alpha value is -1.39. The summed E-state index contributed by atoms with van der Waals surface area (Å²) in [5.74, 6) is -1.06. The molecule has 1 rings (SSSR count). The Balaban J connectivity index is 2.08. The Bertz CT molecular complexity index is 368. The van der Waals surface area contributed by atoms with E-state index < -0.39 is 5.97 Å². The van der Waals surface area contributed by atoms with Gasteiger partial charge in [-0.25, -0.2) is 0 Å². The highest BCUT2D eigenvalue weighted by molar-refractivity contribution is 5.69. The zero-order valence-corrected chi connectivity index (χ0v) is 11.8. The van der Waals surface area contributed by atoms with E-state index in [2.05, 4.69) is 41.5 Å². The van der Waals surface area contributed by atoms with Gasteiger partial charge in [0, 0.05) is 13.1 Å². The fourth-order valence-electron chi connectivity index (χ4n) is 1.85. The van der Waals surface area contributed by atoms with Gasteiger partial charge >= 0.3 is 5.97 Å². The Morgan fingerprint density at radius 1 is 1.37 bits per heavy atom. The van der Waals surface area contributed by atoms with Crippen LogP contribution < -0.4 is 5.32 Å². The average molecular weight is 264 g/mol. The predicted molar refractivity (Wildman–Crippen MR) is 77.1 cm³/mol. The van der Waals surface area contributed by atoms with Crippen molar-refractivity contribution in [2.45, 2.75) is 19.9 Å². The molecule has 19 heavy (non-hydrogen) atoms. The number of aliphatic carboxylic acids is 1. The molecule has 1 aromatic carbocycles. The van der Waals surface area contributed by atoms with Crippen LogP contribution in [0.2, 0.25) is 0 Å². The summed E-state index contributed by atoms with van der Waals surface area (Å²) in [6.07, 6.45) is 1.02. The maximum absolute atomic E-state index is 10.6. The lowest BCUT2D eigenvalue weighted by atomic mass is 10.2. The van der Waals surface area contributed by atoms with Gasteiger partial charge in [-0.2, -0.15) is 0 Å². The topological polar surface area (TPSA) is 52.6 Å². The third kappa shape index (κ3) is 6.94. The van der Waals surface area contributed by atoms with E-state index in [0.29, 0.717) is 6.54 Å². The van der Waals surface area contributed by atoms with Crippen LogP contribution in [0.1, 0.15) is 18.9 Å². The van der Waals surface area contributed by atoms with E-state index in [9.17, 15) is 4.79 Å². The Morgan fingerprint density at radius 3 is 2.68 bits per heavy atom. The Kier molecular flexibility index (Phi) is 7.15. The second-order valence-corrected chi connectivity index (χ2v) is 5.02. The van der Waals surface area contributed by atoms with Crippen molar-refractivity contribution in [3.63, 3.8) is 0 Å². The number of hydrogen-bond donors (Lipinski definition) is 2. The summed E-state index contributed by atoms with van der Waals surface area (Å²) < 4.78 is 0. The lowest BCUT2D eigenvalue weighted by Crippen LogP contribution is -2.29. The molecule has 0 saturated carbocycles. The molecular formula is C15H24N2O2. The van der Waals surface area contributed by atoms with E-state index in [1.54, 1.807) is 6.92 Å². The summed E-state index contributed by atoms with van der Waals surface area (Å²) in [5, 5.41) is 11.9. The summed E-state index contributed by atoms with van der Waals surface area (Å²) in [4.78, 5) is 12.9. The first-order valence-electron chi connectivity index (χ1n) is 6.75. The van der Waals surface area contributed by atoms with Crippen LogP contribution in [0, 0.1) is 5.92 Å². The van der Waals surface area contributed by atoms with Crippen molar-refractivity contribution in [1.29, 1.82) is 0 Å². The second-order valence-electron chi connectivity index (χ2n) is 5.02. The largest absolute Gasteiger partial charge is 0.481 e. The van der Waals surface area contributed by atoms with Crippen LogP contribution >= 0.6 is 0 Å². The minimum absolute atomic E-state index is 0.318. The van der Waals surface area contributed by atoms with Gasteiger partial charge in [-0.1, -0.05) is 37.3 Å². The highest BCUT2D eigenvalue weighted by atomic mass is 16.4. The van der Waals surface area contributed by atoms with Crippen molar-refractivity contribution in [2.75, 3.05) is 26.7 Å². The third-order valence-corrected chi connectivity index (χ3v) is 3.06. The maximum Gasteiger partial charge on any atom is 0.307 e. The van der Waals surface area contributed by atoms with E-state index >= 15 is 0 Å².